The van der Waals surface area contributed by atoms with Gasteiger partial charge >= 0.3 is 0 Å². The van der Waals surface area contributed by atoms with Crippen molar-refractivity contribution in [3.05, 3.63) is 90.3 Å². The number of hydrogen-bond acceptors (Lipinski definition) is 3. The van der Waals surface area contributed by atoms with Crippen molar-refractivity contribution in [3.8, 4) is 11.3 Å². The van der Waals surface area contributed by atoms with Crippen molar-refractivity contribution in [3.63, 3.8) is 0 Å². The van der Waals surface area contributed by atoms with Gasteiger partial charge in [0.05, 0.1) is 5.69 Å². The summed E-state index contributed by atoms with van der Waals surface area (Å²) in [6.07, 6.45) is 7.18. The summed E-state index contributed by atoms with van der Waals surface area (Å²) >= 11 is 0. The van der Waals surface area contributed by atoms with Crippen LogP contribution in [0.25, 0.3) is 23.0 Å². The van der Waals surface area contributed by atoms with Crippen LogP contribution >= 0.6 is 0 Å². The van der Waals surface area contributed by atoms with Crippen molar-refractivity contribution >= 4 is 34.9 Å². The monoisotopic (exact) mass is 410 g/mol. The number of fused-ring (bicyclic) bond motifs is 1. The van der Waals surface area contributed by atoms with Crippen molar-refractivity contribution in [1.29, 1.82) is 0 Å². The molecule has 0 aliphatic rings. The zero-order valence-corrected chi connectivity index (χ0v) is 17.3. The molecule has 0 unspecified atom stereocenters. The number of benzene rings is 2. The van der Waals surface area contributed by atoms with Crippen LogP contribution in [0, 0.1) is 6.92 Å². The quantitative estimate of drug-likeness (QED) is 0.459. The van der Waals surface area contributed by atoms with Crippen molar-refractivity contribution in [1.82, 2.24) is 9.38 Å². The number of carbonyl (C=O) groups excluding carboxylic acids is 2. The molecule has 0 saturated heterocycles. The van der Waals surface area contributed by atoms with E-state index in [9.17, 15) is 9.59 Å². The van der Waals surface area contributed by atoms with Gasteiger partial charge in [-0.3, -0.25) is 9.59 Å². The van der Waals surface area contributed by atoms with Crippen LogP contribution in [0.15, 0.2) is 79.1 Å². The summed E-state index contributed by atoms with van der Waals surface area (Å²) in [6.45, 7) is 3.50. The fourth-order valence-corrected chi connectivity index (χ4v) is 3.25. The van der Waals surface area contributed by atoms with Crippen LogP contribution in [0.2, 0.25) is 0 Å². The van der Waals surface area contributed by atoms with Crippen LogP contribution in [0.5, 0.6) is 0 Å². The molecule has 154 valence electrons. The number of anilines is 2. The highest BCUT2D eigenvalue weighted by molar-refractivity contribution is 6.02. The van der Waals surface area contributed by atoms with Gasteiger partial charge in [0.25, 0.3) is 0 Å². The third-order valence-electron chi connectivity index (χ3n) is 4.78. The maximum atomic E-state index is 12.2. The highest BCUT2D eigenvalue weighted by atomic mass is 16.2. The average molecular weight is 410 g/mol. The number of aryl methyl sites for hydroxylation is 1. The van der Waals surface area contributed by atoms with Gasteiger partial charge in [0.15, 0.2) is 0 Å². The Morgan fingerprint density at radius 3 is 2.29 bits per heavy atom. The second-order valence-electron chi connectivity index (χ2n) is 7.25. The molecular weight excluding hydrogens is 388 g/mol. The summed E-state index contributed by atoms with van der Waals surface area (Å²) in [5.74, 6) is -0.341. The number of rotatable bonds is 5. The maximum Gasteiger partial charge on any atom is 0.248 e. The number of pyridine rings is 1. The molecule has 31 heavy (non-hydrogen) atoms. The molecule has 0 radical (unpaired) electrons. The highest BCUT2D eigenvalue weighted by Crippen LogP contribution is 2.22. The molecule has 0 aliphatic carbocycles. The summed E-state index contributed by atoms with van der Waals surface area (Å²) < 4.78 is 2.01. The molecule has 0 aliphatic heterocycles. The van der Waals surface area contributed by atoms with Crippen molar-refractivity contribution < 1.29 is 9.59 Å². The fraction of sp³-hybridized carbons (Fsp3) is 0.0800. The van der Waals surface area contributed by atoms with Crippen molar-refractivity contribution in [2.45, 2.75) is 13.8 Å². The van der Waals surface area contributed by atoms with Crippen LogP contribution in [-0.2, 0) is 9.59 Å². The minimum atomic E-state index is -0.220. The standard InChI is InChI=1S/C25H22N4O2/c1-17-4-3-15-29-16-23(28-25(17)29)20-8-12-22(13-9-20)27-24(31)14-7-19-5-10-21(11-6-19)26-18(2)30/h3-16H,1-2H3,(H,26,30)(H,27,31). The van der Waals surface area contributed by atoms with Crippen molar-refractivity contribution in [2.75, 3.05) is 10.6 Å². The van der Waals surface area contributed by atoms with Crippen LogP contribution in [0.1, 0.15) is 18.1 Å². The number of aromatic nitrogens is 2. The number of hydrogen-bond donors (Lipinski definition) is 2. The van der Waals surface area contributed by atoms with Crippen LogP contribution in [0.3, 0.4) is 0 Å². The Bertz CT molecular complexity index is 1270. The number of nitrogens with zero attached hydrogens (tertiary/aromatic N) is 2. The lowest BCUT2D eigenvalue weighted by Crippen LogP contribution is -2.07. The highest BCUT2D eigenvalue weighted by Gasteiger charge is 2.06. The first kappa shape index (κ1) is 20.1. The smallest absolute Gasteiger partial charge is 0.248 e. The first-order valence-corrected chi connectivity index (χ1v) is 9.89. The van der Waals surface area contributed by atoms with Crippen molar-refractivity contribution in [2.24, 2.45) is 0 Å². The molecule has 2 aromatic heterocycles. The minimum absolute atomic E-state index is 0.120. The van der Waals surface area contributed by atoms with Crippen LogP contribution in [0.4, 0.5) is 11.4 Å². The van der Waals surface area contributed by atoms with Gasteiger partial charge in [-0.2, -0.15) is 0 Å². The molecular formula is C25H22N4O2. The maximum absolute atomic E-state index is 12.2. The van der Waals surface area contributed by atoms with E-state index in [2.05, 4.69) is 10.6 Å². The summed E-state index contributed by atoms with van der Waals surface area (Å²) in [4.78, 5) is 28.0. The number of amides is 2. The summed E-state index contributed by atoms with van der Waals surface area (Å²) in [5, 5.41) is 5.56. The van der Waals surface area contributed by atoms with Crippen LogP contribution in [-0.4, -0.2) is 21.2 Å². The third-order valence-corrected chi connectivity index (χ3v) is 4.78. The van der Waals surface area contributed by atoms with Gasteiger partial charge in [0.1, 0.15) is 5.65 Å². The SMILES string of the molecule is CC(=O)Nc1ccc(C=CC(=O)Nc2ccc(-c3cn4cccc(C)c4n3)cc2)cc1. The van der Waals surface area contributed by atoms with E-state index < -0.39 is 0 Å². The van der Waals surface area contributed by atoms with E-state index >= 15 is 0 Å². The first-order chi connectivity index (χ1) is 15.0. The lowest BCUT2D eigenvalue weighted by atomic mass is 10.1. The third kappa shape index (κ3) is 4.87. The summed E-state index contributed by atoms with van der Waals surface area (Å²) in [6, 6.07) is 18.9. The molecule has 4 rings (SSSR count). The van der Waals surface area contributed by atoms with E-state index in [0.29, 0.717) is 5.69 Å². The van der Waals surface area contributed by atoms with E-state index in [1.54, 1.807) is 18.2 Å². The lowest BCUT2D eigenvalue weighted by molar-refractivity contribution is -0.114. The van der Waals surface area contributed by atoms with E-state index in [1.165, 1.54) is 13.0 Å². The Kier molecular flexibility index (Phi) is 5.62. The van der Waals surface area contributed by atoms with Gasteiger partial charge in [-0.05, 0) is 54.5 Å². The molecule has 2 N–H and O–H groups in total. The minimum Gasteiger partial charge on any atom is -0.326 e. The predicted molar refractivity (Wildman–Crippen MR) is 124 cm³/mol. The molecule has 0 fully saturated rings. The average Bonchev–Trinajstić information content (AvgIpc) is 3.19. The first-order valence-electron chi connectivity index (χ1n) is 9.89. The summed E-state index contributed by atoms with van der Waals surface area (Å²) in [7, 11) is 0. The number of imidazole rings is 1. The van der Waals surface area contributed by atoms with Gasteiger partial charge in [-0.25, -0.2) is 4.98 Å². The van der Waals surface area contributed by atoms with Gasteiger partial charge in [0, 0.05) is 42.3 Å². The molecule has 2 aromatic carbocycles. The number of nitrogens with one attached hydrogen (secondary N) is 2. The second kappa shape index (κ2) is 8.67. The Hall–Kier alpha value is -4.19. The molecule has 0 atom stereocenters. The lowest BCUT2D eigenvalue weighted by Gasteiger charge is -2.04. The molecule has 4 aromatic rings. The van der Waals surface area contributed by atoms with Gasteiger partial charge in [-0.15, -0.1) is 0 Å². The molecule has 0 spiro atoms. The normalized spacial score (nSPS) is 11.0. The fourth-order valence-electron chi connectivity index (χ4n) is 3.25. The van der Waals surface area contributed by atoms with Gasteiger partial charge < -0.3 is 15.0 Å². The zero-order chi connectivity index (χ0) is 21.8. The Balaban J connectivity index is 1.40. The summed E-state index contributed by atoms with van der Waals surface area (Å²) in [5.41, 5.74) is 6.21. The molecule has 0 saturated carbocycles. The predicted octanol–water partition coefficient (Wildman–Crippen LogP) is 4.92. The van der Waals surface area contributed by atoms with Gasteiger partial charge in [-0.1, -0.05) is 30.3 Å². The molecule has 2 amide bonds. The molecule has 2 heterocycles. The Labute approximate surface area is 180 Å². The van der Waals surface area contributed by atoms with Gasteiger partial charge in [0.2, 0.25) is 11.8 Å². The van der Waals surface area contributed by atoms with E-state index in [4.69, 9.17) is 4.98 Å². The topological polar surface area (TPSA) is 75.5 Å². The van der Waals surface area contributed by atoms with E-state index in [0.717, 1.165) is 33.7 Å². The van der Waals surface area contributed by atoms with E-state index in [-0.39, 0.29) is 11.8 Å². The molecule has 0 bridgehead atoms. The Morgan fingerprint density at radius 1 is 0.935 bits per heavy atom. The van der Waals surface area contributed by atoms with E-state index in [1.807, 2.05) is 72.2 Å². The zero-order valence-electron chi connectivity index (χ0n) is 17.3. The van der Waals surface area contributed by atoms with Crippen LogP contribution < -0.4 is 10.6 Å². The Morgan fingerprint density at radius 2 is 1.61 bits per heavy atom. The molecule has 6 heteroatoms. The molecule has 6 nitrogen and oxygen atoms in total. The number of carbonyl (C=O) groups is 2. The second-order valence-corrected chi connectivity index (χ2v) is 7.25. The largest absolute Gasteiger partial charge is 0.326 e.